The van der Waals surface area contributed by atoms with E-state index >= 15 is 0 Å². The number of nitrogens with two attached hydrogens (primary N) is 2. The summed E-state index contributed by atoms with van der Waals surface area (Å²) in [6.07, 6.45) is 30.4. The lowest BCUT2D eigenvalue weighted by molar-refractivity contribution is -0.156. The van der Waals surface area contributed by atoms with Gasteiger partial charge in [0.05, 0.1) is 0 Å². The number of hydrogen-bond donors (Lipinski definition) is 8. The quantitative estimate of drug-likeness (QED) is 0.0177. The van der Waals surface area contributed by atoms with E-state index in [0.29, 0.717) is 88.4 Å². The van der Waals surface area contributed by atoms with Crippen molar-refractivity contribution in [3.05, 3.63) is 130 Å². The average Bonchev–Trinajstić information content (AvgIpc) is 3.41. The minimum absolute atomic E-state index is 0.0408. The number of unbranched alkanes of at least 4 members (excludes halogenated alkanes) is 2. The number of allylic oxidation sites excluding steroid dienone is 20. The SMILES string of the molecule is CC1=C(/C=C/C(C)=C/C=C/C(C)=C/C=C/C=C(C)/C=C/C=C(C)/C=C/C2=C(C)C(=O)C(OC(=O)CCCNC(=O)NCCCCC(N)C(=O)O)CC2(C)C)C(C)(C)CC(OC(=O)CCCNC(=O)NCCCCC(N)C(=O)O)C1=O. The third-order valence-electron chi connectivity index (χ3n) is 13.6. The van der Waals surface area contributed by atoms with E-state index in [-0.39, 0.29) is 49.6 Å². The van der Waals surface area contributed by atoms with Crippen molar-refractivity contribution in [3.8, 4) is 0 Å². The van der Waals surface area contributed by atoms with Gasteiger partial charge in [-0.3, -0.25) is 28.8 Å². The van der Waals surface area contributed by atoms with Gasteiger partial charge >= 0.3 is 35.9 Å². The van der Waals surface area contributed by atoms with E-state index in [1.165, 1.54) is 0 Å². The number of amides is 4. The maximum Gasteiger partial charge on any atom is 0.320 e. The second kappa shape index (κ2) is 35.4. The van der Waals surface area contributed by atoms with Crippen molar-refractivity contribution in [2.45, 2.75) is 171 Å². The number of ketones is 2. The molecule has 4 unspecified atom stereocenters. The molecule has 0 saturated heterocycles. The Kier molecular flexibility index (Phi) is 30.5. The zero-order chi connectivity index (χ0) is 60.0. The van der Waals surface area contributed by atoms with Gasteiger partial charge in [-0.25, -0.2) is 9.59 Å². The minimum atomic E-state index is -1.05. The van der Waals surface area contributed by atoms with Crippen molar-refractivity contribution in [2.75, 3.05) is 26.2 Å². The van der Waals surface area contributed by atoms with Crippen LogP contribution in [0, 0.1) is 10.8 Å². The molecule has 2 aliphatic carbocycles. The van der Waals surface area contributed by atoms with Crippen LogP contribution in [0.2, 0.25) is 0 Å². The smallest absolute Gasteiger partial charge is 0.320 e. The number of carbonyl (C=O) groups is 8. The molecule has 0 aromatic heterocycles. The normalized spacial score (nSPS) is 19.1. The third kappa shape index (κ3) is 26.6. The largest absolute Gasteiger partial charge is 0.480 e. The van der Waals surface area contributed by atoms with E-state index in [9.17, 15) is 38.4 Å². The van der Waals surface area contributed by atoms with Crippen LogP contribution in [-0.4, -0.2) is 108 Å². The van der Waals surface area contributed by atoms with Crippen LogP contribution >= 0.6 is 0 Å². The summed E-state index contributed by atoms with van der Waals surface area (Å²) in [6, 6.07) is -2.61. The first kappa shape index (κ1) is 68.9. The lowest BCUT2D eigenvalue weighted by Crippen LogP contribution is -2.39. The first-order valence-electron chi connectivity index (χ1n) is 27.6. The zero-order valence-electron chi connectivity index (χ0n) is 48.8. The number of urea groups is 2. The maximum absolute atomic E-state index is 13.3. The van der Waals surface area contributed by atoms with Gasteiger partial charge < -0.3 is 52.4 Å². The fraction of sp³-hybridized carbons (Fsp3) is 0.516. The molecular weight excluding hydrogens is 1020 g/mol. The van der Waals surface area contributed by atoms with Gasteiger partial charge in [0.25, 0.3) is 0 Å². The average molecular weight is 1110 g/mol. The van der Waals surface area contributed by atoms with Crippen LogP contribution in [0.3, 0.4) is 0 Å². The Morgan fingerprint density at radius 3 is 1.18 bits per heavy atom. The lowest BCUT2D eigenvalue weighted by Gasteiger charge is -2.36. The highest BCUT2D eigenvalue weighted by Gasteiger charge is 2.41. The molecule has 18 heteroatoms. The Morgan fingerprint density at radius 2 is 0.838 bits per heavy atom. The summed E-state index contributed by atoms with van der Waals surface area (Å²) in [5.74, 6) is -3.56. The maximum atomic E-state index is 13.3. The molecule has 0 heterocycles. The van der Waals surface area contributed by atoms with Crippen LogP contribution < -0.4 is 32.7 Å². The number of carbonyl (C=O) groups excluding carboxylic acids is 6. The summed E-state index contributed by atoms with van der Waals surface area (Å²) in [5.41, 5.74) is 17.0. The van der Waals surface area contributed by atoms with Gasteiger partial charge in [-0.2, -0.15) is 0 Å². The standard InChI is InChI=1S/C62H90N6O12/c1-41(23-17-25-43(3)31-33-47-45(5)55(71)51(39-61(47,7)8)79-53(69)29-19-37-67-59(77)65-35-15-13-27-49(63)57(73)74)21-11-12-22-42(2)24-18-26-44(4)32-34-48-46(6)56(72)52(40-62(48,9)10)80-54(70)30-20-38-68-60(78)66-36-16-14-28-50(64)58(75)76/h11-12,17-18,21-26,31-34,49-52H,13-16,19-20,27-30,35-40,63-64H2,1-10H3,(H,73,74)(H,75,76)(H2,65,67,77)(H2,66,68,78)/b12-11+,23-17+,24-18+,33-31+,34-32+,41-21+,42-22+,43-25+,44-26+. The molecule has 0 spiro atoms. The van der Waals surface area contributed by atoms with E-state index in [4.69, 9.17) is 31.2 Å². The van der Waals surface area contributed by atoms with Crippen LogP contribution in [0.1, 0.15) is 146 Å². The van der Waals surface area contributed by atoms with E-state index in [1.807, 2.05) is 140 Å². The van der Waals surface area contributed by atoms with Gasteiger partial charge in [0, 0.05) is 51.9 Å². The van der Waals surface area contributed by atoms with Gasteiger partial charge in [0.2, 0.25) is 0 Å². The monoisotopic (exact) mass is 1110 g/mol. The topological polar surface area (TPSA) is 296 Å². The van der Waals surface area contributed by atoms with Crippen molar-refractivity contribution < 1.29 is 58.0 Å². The number of rotatable bonds is 32. The predicted octanol–water partition coefficient (Wildman–Crippen LogP) is 9.33. The number of Topliss-reactive ketones (excluding diaryl/α,β-unsaturated/α-hetero) is 2. The number of carboxylic acid groups (broad SMARTS) is 2. The van der Waals surface area contributed by atoms with Crippen molar-refractivity contribution in [1.29, 1.82) is 0 Å². The van der Waals surface area contributed by atoms with Crippen molar-refractivity contribution in [2.24, 2.45) is 22.3 Å². The number of ether oxygens (including phenoxy) is 2. The second-order valence-electron chi connectivity index (χ2n) is 21.8. The molecular formula is C62H90N6O12. The highest BCUT2D eigenvalue weighted by Crippen LogP contribution is 2.42. The fourth-order valence-corrected chi connectivity index (χ4v) is 8.82. The summed E-state index contributed by atoms with van der Waals surface area (Å²) in [4.78, 5) is 97.7. The van der Waals surface area contributed by atoms with Gasteiger partial charge in [-0.1, -0.05) is 135 Å². The van der Waals surface area contributed by atoms with E-state index < -0.39 is 59.0 Å². The van der Waals surface area contributed by atoms with Crippen LogP contribution in [-0.2, 0) is 38.2 Å². The van der Waals surface area contributed by atoms with Crippen molar-refractivity contribution in [1.82, 2.24) is 21.3 Å². The van der Waals surface area contributed by atoms with Crippen molar-refractivity contribution >= 4 is 47.5 Å². The van der Waals surface area contributed by atoms with Gasteiger partial charge in [0.1, 0.15) is 12.1 Å². The number of nitrogens with one attached hydrogen (secondary N) is 4. The minimum Gasteiger partial charge on any atom is -0.480 e. The van der Waals surface area contributed by atoms with Crippen LogP contribution in [0.15, 0.2) is 130 Å². The fourth-order valence-electron chi connectivity index (χ4n) is 8.82. The molecule has 2 rings (SSSR count). The molecule has 18 nitrogen and oxygen atoms in total. The van der Waals surface area contributed by atoms with E-state index in [1.54, 1.807) is 13.8 Å². The number of aliphatic carboxylic acids is 2. The highest BCUT2D eigenvalue weighted by atomic mass is 16.6. The van der Waals surface area contributed by atoms with Gasteiger partial charge in [-0.05, 0) is 126 Å². The van der Waals surface area contributed by atoms with Crippen molar-refractivity contribution in [3.63, 3.8) is 0 Å². The number of hydrogen-bond acceptors (Lipinski definition) is 12. The van der Waals surface area contributed by atoms with E-state index in [0.717, 1.165) is 33.4 Å². The molecule has 4 atom stereocenters. The molecule has 0 fully saturated rings. The highest BCUT2D eigenvalue weighted by molar-refractivity contribution is 6.02. The first-order valence-corrected chi connectivity index (χ1v) is 27.6. The Morgan fingerprint density at radius 1 is 0.525 bits per heavy atom. The molecule has 0 saturated carbocycles. The Balaban J connectivity index is 1.83. The molecule has 2 aliphatic rings. The predicted molar refractivity (Wildman–Crippen MR) is 313 cm³/mol. The Hall–Kier alpha value is -7.18. The van der Waals surface area contributed by atoms with Gasteiger partial charge in [0.15, 0.2) is 23.8 Å². The number of esters is 2. The van der Waals surface area contributed by atoms with E-state index in [2.05, 4.69) is 21.3 Å². The Labute approximate surface area is 473 Å². The summed E-state index contributed by atoms with van der Waals surface area (Å²) in [7, 11) is 0. The number of carboxylic acids is 2. The molecule has 440 valence electrons. The van der Waals surface area contributed by atoms with Crippen LogP contribution in [0.4, 0.5) is 9.59 Å². The summed E-state index contributed by atoms with van der Waals surface area (Å²) < 4.78 is 11.3. The molecule has 0 aromatic rings. The summed E-state index contributed by atoms with van der Waals surface area (Å²) >= 11 is 0. The molecule has 0 aliphatic heterocycles. The molecule has 10 N–H and O–H groups in total. The zero-order valence-corrected chi connectivity index (χ0v) is 48.8. The molecule has 80 heavy (non-hydrogen) atoms. The molecule has 0 bridgehead atoms. The summed E-state index contributed by atoms with van der Waals surface area (Å²) in [6.45, 7) is 20.8. The first-order chi connectivity index (χ1) is 37.6. The molecule has 4 amide bonds. The molecule has 0 aromatic carbocycles. The van der Waals surface area contributed by atoms with Crippen LogP contribution in [0.5, 0.6) is 0 Å². The lowest BCUT2D eigenvalue weighted by atomic mass is 9.71. The summed E-state index contributed by atoms with van der Waals surface area (Å²) in [5, 5.41) is 28.4. The van der Waals surface area contributed by atoms with Gasteiger partial charge in [-0.15, -0.1) is 0 Å². The third-order valence-corrected chi connectivity index (χ3v) is 13.6. The Bertz CT molecular complexity index is 2380. The second-order valence-corrected chi connectivity index (χ2v) is 21.8. The molecule has 0 radical (unpaired) electrons. The van der Waals surface area contributed by atoms with Crippen LogP contribution in [0.25, 0.3) is 0 Å².